The van der Waals surface area contributed by atoms with Crippen LogP contribution in [0.2, 0.25) is 0 Å². The van der Waals surface area contributed by atoms with Gasteiger partial charge in [0.15, 0.2) is 12.9 Å². The van der Waals surface area contributed by atoms with Gasteiger partial charge in [-0.25, -0.2) is 0 Å². The van der Waals surface area contributed by atoms with Crippen molar-refractivity contribution in [3.63, 3.8) is 0 Å². The first-order valence-corrected chi connectivity index (χ1v) is 1.54. The Bertz CT molecular complexity index is 76.1. The summed E-state index contributed by atoms with van der Waals surface area (Å²) < 4.78 is 0. The van der Waals surface area contributed by atoms with Crippen LogP contribution in [0.5, 0.6) is 0 Å². The summed E-state index contributed by atoms with van der Waals surface area (Å²) >= 11 is 0. The van der Waals surface area contributed by atoms with Crippen molar-refractivity contribution in [1.29, 1.82) is 0 Å². The Morgan fingerprint density at radius 3 is 2.83 bits per heavy atom. The number of hydrogen-bond donors (Lipinski definition) is 0. The maximum Gasteiger partial charge on any atom is 0.223 e. The molecule has 1 rings (SSSR count). The van der Waals surface area contributed by atoms with Crippen LogP contribution in [0.1, 0.15) is 0 Å². The Hall–Kier alpha value is -0.700. The minimum absolute atomic E-state index is 0.0694. The van der Waals surface area contributed by atoms with Gasteiger partial charge in [0.1, 0.15) is 0 Å². The molecule has 0 aromatic carbocycles. The molecule has 1 radical (unpaired) electrons. The second-order valence-corrected chi connectivity index (χ2v) is 0.943. The topological polar surface area (TPSA) is 38.4 Å². The van der Waals surface area contributed by atoms with Gasteiger partial charge in [0.05, 0.1) is 0 Å². The Balaban J connectivity index is 2.45. The largest absolute Gasteiger partial charge is 0.341 e. The normalized spacial score (nSPS) is 19.7. The number of hydrogen-bond acceptors (Lipinski definition) is 2. The molecule has 0 saturated heterocycles. The third-order valence-corrected chi connectivity index (χ3v) is 0.449. The Morgan fingerprint density at radius 1 is 1.83 bits per heavy atom. The molecule has 0 fully saturated rings. The molecule has 1 heterocycles. The predicted molar refractivity (Wildman–Crippen MR) is 15.8 cm³/mol. The van der Waals surface area contributed by atoms with Gasteiger partial charge >= 0.3 is 0 Å². The van der Waals surface area contributed by atoms with Gasteiger partial charge in [-0.05, 0) is 0 Å². The molecular weight excluding hydrogens is 84.0 g/mol. The van der Waals surface area contributed by atoms with E-state index in [0.29, 0.717) is 0 Å². The molecule has 1 aliphatic heterocycles. The van der Waals surface area contributed by atoms with E-state index in [-0.39, 0.29) is 12.4 Å². The molecule has 3 heteroatoms. The highest BCUT2D eigenvalue weighted by atomic mass is 17.2. The second-order valence-electron chi connectivity index (χ2n) is 0.943. The summed E-state index contributed by atoms with van der Waals surface area (Å²) in [5.74, 6) is -0.116. The maximum atomic E-state index is 9.94. The van der Waals surface area contributed by atoms with Crippen molar-refractivity contribution in [3.05, 3.63) is 12.0 Å². The third kappa shape index (κ3) is 0.440. The van der Waals surface area contributed by atoms with Gasteiger partial charge in [0.2, 0.25) is 5.76 Å². The maximum absolute atomic E-state index is 9.94. The van der Waals surface area contributed by atoms with Gasteiger partial charge in [0, 0.05) is 0 Å². The fourth-order valence-corrected chi connectivity index (χ4v) is 0.214. The Labute approximate surface area is 34.7 Å². The second kappa shape index (κ2) is 1.18. The fraction of sp³-hybridized carbons (Fsp3) is 0.333. The summed E-state index contributed by atoms with van der Waals surface area (Å²) in [5.41, 5.74) is 0. The Morgan fingerprint density at radius 2 is 2.67 bits per heavy atom. The highest BCUT2D eigenvalue weighted by Gasteiger charge is 2.03. The summed E-state index contributed by atoms with van der Waals surface area (Å²) in [4.78, 5) is 8.23. The molecular formula is C3H3O3. The van der Waals surface area contributed by atoms with Crippen molar-refractivity contribution >= 4 is 0 Å². The average molecular weight is 87.1 g/mol. The van der Waals surface area contributed by atoms with Crippen LogP contribution < -0.4 is 0 Å². The molecule has 0 N–H and O–H groups in total. The smallest absolute Gasteiger partial charge is 0.223 e. The molecule has 3 nitrogen and oxygen atoms in total. The van der Waals surface area contributed by atoms with Crippen LogP contribution in [0, 0.1) is 0 Å². The molecule has 0 atom stereocenters. The molecule has 33 valence electrons. The summed E-state index contributed by atoms with van der Waals surface area (Å²) in [7, 11) is 0. The lowest BCUT2D eigenvalue weighted by molar-refractivity contribution is -0.223. The summed E-state index contributed by atoms with van der Waals surface area (Å²) in [6, 6.07) is 0. The SMILES string of the molecule is [O]C1=COOC1. The highest BCUT2D eigenvalue weighted by molar-refractivity contribution is 4.85. The van der Waals surface area contributed by atoms with Crippen LogP contribution in [-0.4, -0.2) is 6.61 Å². The zero-order valence-corrected chi connectivity index (χ0v) is 3.01. The van der Waals surface area contributed by atoms with Gasteiger partial charge in [-0.2, -0.15) is 4.89 Å². The molecule has 0 aliphatic carbocycles. The minimum Gasteiger partial charge on any atom is -0.341 e. The van der Waals surface area contributed by atoms with Crippen molar-refractivity contribution in [2.45, 2.75) is 0 Å². The van der Waals surface area contributed by atoms with E-state index in [0.717, 1.165) is 6.26 Å². The molecule has 0 aromatic heterocycles. The van der Waals surface area contributed by atoms with E-state index in [2.05, 4.69) is 9.78 Å². The van der Waals surface area contributed by atoms with E-state index >= 15 is 0 Å². The average Bonchev–Trinajstić information content (AvgIpc) is 1.86. The first kappa shape index (κ1) is 3.49. The van der Waals surface area contributed by atoms with Crippen LogP contribution in [-0.2, 0) is 14.9 Å². The van der Waals surface area contributed by atoms with E-state index < -0.39 is 0 Å². The molecule has 6 heavy (non-hydrogen) atoms. The quantitative estimate of drug-likeness (QED) is 0.396. The lowest BCUT2D eigenvalue weighted by atomic mass is 10.6. The van der Waals surface area contributed by atoms with E-state index in [1.165, 1.54) is 0 Å². The predicted octanol–water partition coefficient (Wildman–Crippen LogP) is 0.220. The molecule has 0 amide bonds. The highest BCUT2D eigenvalue weighted by Crippen LogP contribution is 1.99. The molecule has 0 aromatic rings. The van der Waals surface area contributed by atoms with Crippen molar-refractivity contribution < 1.29 is 14.9 Å². The van der Waals surface area contributed by atoms with Crippen molar-refractivity contribution in [1.82, 2.24) is 0 Å². The zero-order valence-electron chi connectivity index (χ0n) is 3.01. The van der Waals surface area contributed by atoms with Crippen molar-refractivity contribution in [2.24, 2.45) is 0 Å². The fourth-order valence-electron chi connectivity index (χ4n) is 0.214. The molecule has 0 bridgehead atoms. The lowest BCUT2D eigenvalue weighted by Crippen LogP contribution is -1.80. The zero-order chi connectivity index (χ0) is 4.41. The van der Waals surface area contributed by atoms with E-state index in [1.807, 2.05) is 0 Å². The first-order chi connectivity index (χ1) is 2.89. The lowest BCUT2D eigenvalue weighted by Gasteiger charge is -1.79. The monoisotopic (exact) mass is 87.0 g/mol. The third-order valence-electron chi connectivity index (χ3n) is 0.449. The standard InChI is InChI=1S/C3H3O3/c4-3-1-5-6-2-3/h1H,2H2. The molecule has 1 aliphatic rings. The number of rotatable bonds is 0. The van der Waals surface area contributed by atoms with E-state index in [9.17, 15) is 5.11 Å². The molecule has 0 unspecified atom stereocenters. The van der Waals surface area contributed by atoms with Crippen molar-refractivity contribution in [2.75, 3.05) is 6.61 Å². The van der Waals surface area contributed by atoms with Crippen molar-refractivity contribution in [3.8, 4) is 0 Å². The first-order valence-electron chi connectivity index (χ1n) is 1.54. The summed E-state index contributed by atoms with van der Waals surface area (Å²) in [5, 5.41) is 9.94. The van der Waals surface area contributed by atoms with Crippen LogP contribution >= 0.6 is 0 Å². The van der Waals surface area contributed by atoms with E-state index in [4.69, 9.17) is 0 Å². The van der Waals surface area contributed by atoms with Gasteiger partial charge < -0.3 is 4.89 Å². The molecule has 0 spiro atoms. The summed E-state index contributed by atoms with van der Waals surface area (Å²) in [6.45, 7) is 0.0694. The van der Waals surface area contributed by atoms with E-state index in [1.54, 1.807) is 0 Å². The van der Waals surface area contributed by atoms with Gasteiger partial charge in [-0.1, -0.05) is 0 Å². The minimum atomic E-state index is -0.116. The van der Waals surface area contributed by atoms with Crippen LogP contribution in [0.25, 0.3) is 0 Å². The van der Waals surface area contributed by atoms with Crippen LogP contribution in [0.3, 0.4) is 0 Å². The van der Waals surface area contributed by atoms with Crippen LogP contribution in [0.15, 0.2) is 12.0 Å². The Kier molecular flexibility index (Phi) is 0.686. The van der Waals surface area contributed by atoms with Gasteiger partial charge in [0.25, 0.3) is 0 Å². The van der Waals surface area contributed by atoms with Gasteiger partial charge in [-0.3, -0.25) is 5.11 Å². The molecule has 0 saturated carbocycles. The van der Waals surface area contributed by atoms with Gasteiger partial charge in [-0.15, -0.1) is 0 Å². The summed E-state index contributed by atoms with van der Waals surface area (Å²) in [6.07, 6.45) is 1.04. The van der Waals surface area contributed by atoms with Crippen LogP contribution in [0.4, 0.5) is 0 Å².